The molecule has 0 aromatic heterocycles. The zero-order valence-electron chi connectivity index (χ0n) is 10.2. The molecule has 1 fully saturated rings. The van der Waals surface area contributed by atoms with Crippen molar-refractivity contribution in [3.8, 4) is 0 Å². The first-order valence-electron chi connectivity index (χ1n) is 6.06. The molecule has 1 aliphatic rings. The van der Waals surface area contributed by atoms with Gasteiger partial charge in [0.15, 0.2) is 0 Å². The van der Waals surface area contributed by atoms with E-state index in [9.17, 15) is 9.59 Å². The Morgan fingerprint density at radius 3 is 1.81 bits per heavy atom. The molecule has 4 heteroatoms. The van der Waals surface area contributed by atoms with Crippen molar-refractivity contribution >= 4 is 11.8 Å². The van der Waals surface area contributed by atoms with Crippen molar-refractivity contribution < 1.29 is 9.59 Å². The minimum absolute atomic E-state index is 0.0454. The van der Waals surface area contributed by atoms with E-state index in [-0.39, 0.29) is 11.8 Å². The Kier molecular flexibility index (Phi) is 5.29. The zero-order valence-corrected chi connectivity index (χ0v) is 10.2. The van der Waals surface area contributed by atoms with Crippen LogP contribution in [-0.4, -0.2) is 24.9 Å². The third kappa shape index (κ3) is 5.14. The van der Waals surface area contributed by atoms with Crippen molar-refractivity contribution in [3.63, 3.8) is 0 Å². The standard InChI is InChI=1S/C12H22N2O2/c1-9(15)13-7-11-4-3-5-12(6-11)8-14-10(2)16/h11-12H,3-8H2,1-2H3,(H,13,15)(H,14,16). The number of amides is 2. The molecule has 2 unspecified atom stereocenters. The molecule has 0 aromatic carbocycles. The molecule has 2 N–H and O–H groups in total. The van der Waals surface area contributed by atoms with E-state index in [4.69, 9.17) is 0 Å². The van der Waals surface area contributed by atoms with Gasteiger partial charge in [-0.15, -0.1) is 0 Å². The number of carbonyl (C=O) groups excluding carboxylic acids is 2. The first kappa shape index (κ1) is 13.0. The maximum absolute atomic E-state index is 10.8. The summed E-state index contributed by atoms with van der Waals surface area (Å²) in [7, 11) is 0. The van der Waals surface area contributed by atoms with Crippen LogP contribution in [0.2, 0.25) is 0 Å². The number of rotatable bonds is 4. The summed E-state index contributed by atoms with van der Waals surface area (Å²) in [6, 6.07) is 0. The van der Waals surface area contributed by atoms with Gasteiger partial charge in [0.1, 0.15) is 0 Å². The quantitative estimate of drug-likeness (QED) is 0.753. The fraction of sp³-hybridized carbons (Fsp3) is 0.833. The summed E-state index contributed by atoms with van der Waals surface area (Å²) in [5, 5.41) is 5.75. The van der Waals surface area contributed by atoms with Crippen molar-refractivity contribution in [1.82, 2.24) is 10.6 Å². The van der Waals surface area contributed by atoms with Gasteiger partial charge in [-0.05, 0) is 31.1 Å². The third-order valence-electron chi connectivity index (χ3n) is 3.17. The van der Waals surface area contributed by atoms with Gasteiger partial charge in [-0.2, -0.15) is 0 Å². The lowest BCUT2D eigenvalue weighted by Gasteiger charge is -2.29. The maximum atomic E-state index is 10.8. The van der Waals surface area contributed by atoms with E-state index >= 15 is 0 Å². The summed E-state index contributed by atoms with van der Waals surface area (Å²) in [5.41, 5.74) is 0. The Hall–Kier alpha value is -1.06. The molecule has 1 saturated carbocycles. The maximum Gasteiger partial charge on any atom is 0.216 e. The summed E-state index contributed by atoms with van der Waals surface area (Å²) in [6.45, 7) is 4.67. The summed E-state index contributed by atoms with van der Waals surface area (Å²) < 4.78 is 0. The molecular formula is C12H22N2O2. The minimum Gasteiger partial charge on any atom is -0.356 e. The van der Waals surface area contributed by atoms with Gasteiger partial charge in [0.25, 0.3) is 0 Å². The van der Waals surface area contributed by atoms with Gasteiger partial charge < -0.3 is 10.6 Å². The monoisotopic (exact) mass is 226 g/mol. The van der Waals surface area contributed by atoms with Gasteiger partial charge in [-0.25, -0.2) is 0 Å². The van der Waals surface area contributed by atoms with Gasteiger partial charge in [-0.3, -0.25) is 9.59 Å². The van der Waals surface area contributed by atoms with Gasteiger partial charge >= 0.3 is 0 Å². The molecule has 2 atom stereocenters. The lowest BCUT2D eigenvalue weighted by Crippen LogP contribution is -2.34. The number of carbonyl (C=O) groups is 2. The van der Waals surface area contributed by atoms with Crippen molar-refractivity contribution in [2.75, 3.05) is 13.1 Å². The Balaban J connectivity index is 2.24. The Morgan fingerprint density at radius 2 is 1.44 bits per heavy atom. The van der Waals surface area contributed by atoms with Crippen LogP contribution >= 0.6 is 0 Å². The molecule has 1 aliphatic carbocycles. The second-order valence-corrected chi connectivity index (χ2v) is 4.77. The minimum atomic E-state index is 0.0454. The van der Waals surface area contributed by atoms with E-state index in [1.165, 1.54) is 19.3 Å². The molecule has 0 saturated heterocycles. The van der Waals surface area contributed by atoms with E-state index in [0.29, 0.717) is 11.8 Å². The highest BCUT2D eigenvalue weighted by atomic mass is 16.2. The molecule has 0 aliphatic heterocycles. The zero-order chi connectivity index (χ0) is 12.0. The highest BCUT2D eigenvalue weighted by molar-refractivity contribution is 5.73. The van der Waals surface area contributed by atoms with Gasteiger partial charge in [0.05, 0.1) is 0 Å². The molecule has 1 rings (SSSR count). The van der Waals surface area contributed by atoms with E-state index < -0.39 is 0 Å². The van der Waals surface area contributed by atoms with Gasteiger partial charge in [0, 0.05) is 26.9 Å². The van der Waals surface area contributed by atoms with Crippen molar-refractivity contribution in [2.45, 2.75) is 39.5 Å². The molecular weight excluding hydrogens is 204 g/mol. The molecule has 0 heterocycles. The first-order valence-corrected chi connectivity index (χ1v) is 6.06. The summed E-state index contributed by atoms with van der Waals surface area (Å²) in [4.78, 5) is 21.6. The average Bonchev–Trinajstić information content (AvgIpc) is 2.24. The number of nitrogens with one attached hydrogen (secondary N) is 2. The third-order valence-corrected chi connectivity index (χ3v) is 3.17. The van der Waals surface area contributed by atoms with E-state index in [2.05, 4.69) is 10.6 Å². The molecule has 92 valence electrons. The Morgan fingerprint density at radius 1 is 1.00 bits per heavy atom. The first-order chi connectivity index (χ1) is 7.58. The fourth-order valence-electron chi connectivity index (χ4n) is 2.35. The van der Waals surface area contributed by atoms with Gasteiger partial charge in [-0.1, -0.05) is 6.42 Å². The van der Waals surface area contributed by atoms with Crippen LogP contribution in [-0.2, 0) is 9.59 Å². The van der Waals surface area contributed by atoms with E-state index in [1.807, 2.05) is 0 Å². The lowest BCUT2D eigenvalue weighted by atomic mass is 9.81. The molecule has 2 amide bonds. The predicted octanol–water partition coefficient (Wildman–Crippen LogP) is 1.06. The van der Waals surface area contributed by atoms with Crippen LogP contribution in [0.15, 0.2) is 0 Å². The van der Waals surface area contributed by atoms with Gasteiger partial charge in [0.2, 0.25) is 11.8 Å². The summed E-state index contributed by atoms with van der Waals surface area (Å²) in [5.74, 6) is 1.25. The second-order valence-electron chi connectivity index (χ2n) is 4.77. The summed E-state index contributed by atoms with van der Waals surface area (Å²) >= 11 is 0. The van der Waals surface area contributed by atoms with Crippen LogP contribution in [0.25, 0.3) is 0 Å². The van der Waals surface area contributed by atoms with Crippen molar-refractivity contribution in [3.05, 3.63) is 0 Å². The van der Waals surface area contributed by atoms with E-state index in [0.717, 1.165) is 19.5 Å². The number of hydrogen-bond acceptors (Lipinski definition) is 2. The van der Waals surface area contributed by atoms with Crippen LogP contribution in [0.1, 0.15) is 39.5 Å². The smallest absolute Gasteiger partial charge is 0.216 e. The summed E-state index contributed by atoms with van der Waals surface area (Å²) in [6.07, 6.45) is 4.70. The molecule has 16 heavy (non-hydrogen) atoms. The SMILES string of the molecule is CC(=O)NCC1CCCC(CNC(C)=O)C1. The largest absolute Gasteiger partial charge is 0.356 e. The van der Waals surface area contributed by atoms with Crippen LogP contribution < -0.4 is 10.6 Å². The fourth-order valence-corrected chi connectivity index (χ4v) is 2.35. The second kappa shape index (κ2) is 6.51. The topological polar surface area (TPSA) is 58.2 Å². The van der Waals surface area contributed by atoms with Crippen LogP contribution in [0.4, 0.5) is 0 Å². The number of hydrogen-bond donors (Lipinski definition) is 2. The predicted molar refractivity (Wildman–Crippen MR) is 62.8 cm³/mol. The molecule has 0 spiro atoms. The molecule has 0 aromatic rings. The Labute approximate surface area is 97.2 Å². The molecule has 0 bridgehead atoms. The average molecular weight is 226 g/mol. The molecule has 4 nitrogen and oxygen atoms in total. The van der Waals surface area contributed by atoms with Crippen molar-refractivity contribution in [2.24, 2.45) is 11.8 Å². The molecule has 0 radical (unpaired) electrons. The highest BCUT2D eigenvalue weighted by Crippen LogP contribution is 2.28. The van der Waals surface area contributed by atoms with Crippen LogP contribution in [0, 0.1) is 11.8 Å². The van der Waals surface area contributed by atoms with Crippen LogP contribution in [0.5, 0.6) is 0 Å². The highest BCUT2D eigenvalue weighted by Gasteiger charge is 2.21. The van der Waals surface area contributed by atoms with E-state index in [1.54, 1.807) is 13.8 Å². The normalized spacial score (nSPS) is 24.9. The Bertz CT molecular complexity index is 229. The lowest BCUT2D eigenvalue weighted by molar-refractivity contribution is -0.119. The van der Waals surface area contributed by atoms with Crippen molar-refractivity contribution in [1.29, 1.82) is 0 Å². The van der Waals surface area contributed by atoms with Crippen LogP contribution in [0.3, 0.4) is 0 Å².